The van der Waals surface area contributed by atoms with Crippen molar-refractivity contribution in [3.05, 3.63) is 59.5 Å². The molecule has 0 bridgehead atoms. The van der Waals surface area contributed by atoms with E-state index in [2.05, 4.69) is 16.0 Å². The third-order valence-corrected chi connectivity index (χ3v) is 6.14. The maximum atomic E-state index is 12.5. The lowest BCUT2D eigenvalue weighted by Crippen LogP contribution is -2.44. The molecule has 1 fully saturated rings. The Labute approximate surface area is 213 Å². The number of hydrogen-bond donors (Lipinski definition) is 4. The summed E-state index contributed by atoms with van der Waals surface area (Å²) in [6, 6.07) is 11.2. The zero-order chi connectivity index (χ0) is 22.7. The first-order valence-electron chi connectivity index (χ1n) is 11.7. The molecule has 1 amide bonds. The summed E-state index contributed by atoms with van der Waals surface area (Å²) in [5.74, 6) is 1.35. The normalized spacial score (nSPS) is 15.4. The molecule has 0 saturated heterocycles. The van der Waals surface area contributed by atoms with Crippen LogP contribution in [0, 0.1) is 5.41 Å². The number of furan rings is 1. The SMILES string of the molecule is CCNC(=NCc1cccc(C(=O)NCc2ccco2)c1)NCC1(CCO)CCCCC1.I. The van der Waals surface area contributed by atoms with Gasteiger partial charge < -0.3 is 25.5 Å². The third kappa shape index (κ3) is 8.66. The molecule has 3 rings (SSSR count). The van der Waals surface area contributed by atoms with E-state index in [-0.39, 0.29) is 41.9 Å². The number of hydrogen-bond acceptors (Lipinski definition) is 4. The molecule has 0 aliphatic heterocycles. The monoisotopic (exact) mass is 568 g/mol. The fourth-order valence-electron chi connectivity index (χ4n) is 4.33. The highest BCUT2D eigenvalue weighted by atomic mass is 127. The standard InChI is InChI=1S/C25H36N4O3.HI/c1-2-26-24(29-19-25(13-14-30)11-4-3-5-12-25)28-17-20-8-6-9-21(16-20)23(31)27-18-22-10-7-15-32-22;/h6-10,15-16,30H,2-5,11-14,17-19H2,1H3,(H,27,31)(H2,26,28,29);1H. The molecule has 7 nitrogen and oxygen atoms in total. The molecule has 0 spiro atoms. The Bertz CT molecular complexity index is 859. The molecule has 1 saturated carbocycles. The molecule has 4 N–H and O–H groups in total. The lowest BCUT2D eigenvalue weighted by atomic mass is 9.72. The zero-order valence-corrected chi connectivity index (χ0v) is 21.8. The van der Waals surface area contributed by atoms with Gasteiger partial charge in [-0.05, 0) is 61.4 Å². The van der Waals surface area contributed by atoms with Crippen molar-refractivity contribution >= 4 is 35.8 Å². The summed E-state index contributed by atoms with van der Waals surface area (Å²) in [4.78, 5) is 17.2. The Morgan fingerprint density at radius 3 is 2.64 bits per heavy atom. The van der Waals surface area contributed by atoms with Gasteiger partial charge in [0.1, 0.15) is 5.76 Å². The van der Waals surface area contributed by atoms with Crippen molar-refractivity contribution in [3.8, 4) is 0 Å². The number of rotatable bonds is 10. The summed E-state index contributed by atoms with van der Waals surface area (Å²) in [5.41, 5.74) is 1.72. The number of amides is 1. The minimum Gasteiger partial charge on any atom is -0.467 e. The Morgan fingerprint density at radius 2 is 1.94 bits per heavy atom. The maximum absolute atomic E-state index is 12.5. The number of guanidine groups is 1. The summed E-state index contributed by atoms with van der Waals surface area (Å²) in [6.07, 6.45) is 8.45. The predicted octanol–water partition coefficient (Wildman–Crippen LogP) is 4.22. The maximum Gasteiger partial charge on any atom is 0.251 e. The smallest absolute Gasteiger partial charge is 0.251 e. The summed E-state index contributed by atoms with van der Waals surface area (Å²) >= 11 is 0. The molecular weight excluding hydrogens is 531 g/mol. The molecule has 2 aromatic rings. The first-order valence-corrected chi connectivity index (χ1v) is 11.7. The van der Waals surface area contributed by atoms with Gasteiger partial charge in [-0.25, -0.2) is 4.99 Å². The van der Waals surface area contributed by atoms with Crippen molar-refractivity contribution < 1.29 is 14.3 Å². The topological polar surface area (TPSA) is 98.9 Å². The van der Waals surface area contributed by atoms with Crippen LogP contribution in [0.15, 0.2) is 52.1 Å². The second-order valence-electron chi connectivity index (χ2n) is 8.55. The Hall–Kier alpha value is -2.07. The van der Waals surface area contributed by atoms with E-state index in [0.717, 1.165) is 49.6 Å². The third-order valence-electron chi connectivity index (χ3n) is 6.14. The predicted molar refractivity (Wildman–Crippen MR) is 142 cm³/mol. The van der Waals surface area contributed by atoms with E-state index in [1.807, 2.05) is 31.2 Å². The van der Waals surface area contributed by atoms with Crippen molar-refractivity contribution in [1.29, 1.82) is 0 Å². The van der Waals surface area contributed by atoms with Gasteiger partial charge in [-0.1, -0.05) is 31.4 Å². The number of nitrogens with zero attached hydrogens (tertiary/aromatic N) is 1. The van der Waals surface area contributed by atoms with Gasteiger partial charge in [-0.3, -0.25) is 4.79 Å². The van der Waals surface area contributed by atoms with Gasteiger partial charge in [0.15, 0.2) is 5.96 Å². The van der Waals surface area contributed by atoms with Crippen LogP contribution in [-0.2, 0) is 13.1 Å². The molecule has 0 radical (unpaired) electrons. The number of aliphatic hydroxyl groups excluding tert-OH is 1. The van der Waals surface area contributed by atoms with E-state index >= 15 is 0 Å². The van der Waals surface area contributed by atoms with Crippen LogP contribution in [0.5, 0.6) is 0 Å². The molecule has 1 aliphatic carbocycles. The van der Waals surface area contributed by atoms with Gasteiger partial charge in [0, 0.05) is 25.3 Å². The highest BCUT2D eigenvalue weighted by molar-refractivity contribution is 14.0. The van der Waals surface area contributed by atoms with Gasteiger partial charge in [0.05, 0.1) is 19.4 Å². The number of carbonyl (C=O) groups excluding carboxylic acids is 1. The average Bonchev–Trinajstić information content (AvgIpc) is 3.34. The molecule has 1 aromatic carbocycles. The summed E-state index contributed by atoms with van der Waals surface area (Å²) in [5, 5.41) is 19.2. The number of halogens is 1. The average molecular weight is 569 g/mol. The quantitative estimate of drug-likeness (QED) is 0.196. The summed E-state index contributed by atoms with van der Waals surface area (Å²) in [6.45, 7) is 4.69. The largest absolute Gasteiger partial charge is 0.467 e. The van der Waals surface area contributed by atoms with Gasteiger partial charge in [0.2, 0.25) is 0 Å². The molecule has 33 heavy (non-hydrogen) atoms. The number of aliphatic imine (C=N–C) groups is 1. The zero-order valence-electron chi connectivity index (χ0n) is 19.4. The van der Waals surface area contributed by atoms with Crippen LogP contribution in [0.1, 0.15) is 67.1 Å². The van der Waals surface area contributed by atoms with Crippen LogP contribution in [-0.4, -0.2) is 36.7 Å². The highest BCUT2D eigenvalue weighted by Gasteiger charge is 2.31. The van der Waals surface area contributed by atoms with E-state index in [0.29, 0.717) is 18.7 Å². The molecule has 1 heterocycles. The van der Waals surface area contributed by atoms with Gasteiger partial charge in [0.25, 0.3) is 5.91 Å². The van der Waals surface area contributed by atoms with Crippen LogP contribution in [0.3, 0.4) is 0 Å². The molecule has 0 unspecified atom stereocenters. The minimum absolute atomic E-state index is 0. The molecule has 1 aromatic heterocycles. The number of aliphatic hydroxyl groups is 1. The first-order chi connectivity index (χ1) is 15.6. The van der Waals surface area contributed by atoms with E-state index in [4.69, 9.17) is 9.41 Å². The lowest BCUT2D eigenvalue weighted by molar-refractivity contribution is 0.0948. The van der Waals surface area contributed by atoms with Crippen LogP contribution in [0.25, 0.3) is 0 Å². The molecule has 1 aliphatic rings. The van der Waals surface area contributed by atoms with Crippen molar-refractivity contribution in [1.82, 2.24) is 16.0 Å². The minimum atomic E-state index is -0.138. The van der Waals surface area contributed by atoms with Crippen LogP contribution >= 0.6 is 24.0 Å². The van der Waals surface area contributed by atoms with E-state index in [1.165, 1.54) is 19.3 Å². The van der Waals surface area contributed by atoms with Crippen LogP contribution in [0.4, 0.5) is 0 Å². The number of benzene rings is 1. The van der Waals surface area contributed by atoms with Crippen molar-refractivity contribution in [2.45, 2.75) is 58.5 Å². The first kappa shape index (κ1) is 27.2. The molecule has 0 atom stereocenters. The van der Waals surface area contributed by atoms with Crippen LogP contribution in [0.2, 0.25) is 0 Å². The van der Waals surface area contributed by atoms with Crippen LogP contribution < -0.4 is 16.0 Å². The van der Waals surface area contributed by atoms with Gasteiger partial charge >= 0.3 is 0 Å². The second-order valence-corrected chi connectivity index (χ2v) is 8.55. The highest BCUT2D eigenvalue weighted by Crippen LogP contribution is 2.38. The van der Waals surface area contributed by atoms with Crippen molar-refractivity contribution in [2.75, 3.05) is 19.7 Å². The lowest BCUT2D eigenvalue weighted by Gasteiger charge is -2.37. The number of nitrogens with one attached hydrogen (secondary N) is 3. The molecule has 8 heteroatoms. The van der Waals surface area contributed by atoms with Crippen molar-refractivity contribution in [2.24, 2.45) is 10.4 Å². The van der Waals surface area contributed by atoms with E-state index < -0.39 is 0 Å². The van der Waals surface area contributed by atoms with Gasteiger partial charge in [-0.15, -0.1) is 24.0 Å². The van der Waals surface area contributed by atoms with Gasteiger partial charge in [-0.2, -0.15) is 0 Å². The fourth-order valence-corrected chi connectivity index (χ4v) is 4.33. The van der Waals surface area contributed by atoms with E-state index in [1.54, 1.807) is 18.4 Å². The van der Waals surface area contributed by atoms with E-state index in [9.17, 15) is 9.90 Å². The Morgan fingerprint density at radius 1 is 1.12 bits per heavy atom. The molecule has 182 valence electrons. The summed E-state index contributed by atoms with van der Waals surface area (Å²) < 4.78 is 5.26. The van der Waals surface area contributed by atoms with Crippen molar-refractivity contribution in [3.63, 3.8) is 0 Å². The molecular formula is C25H37IN4O3. The Kier molecular flexibility index (Phi) is 11.7. The second kappa shape index (κ2) is 14.2. The fraction of sp³-hybridized carbons (Fsp3) is 0.520. The summed E-state index contributed by atoms with van der Waals surface area (Å²) in [7, 11) is 0. The Balaban J connectivity index is 0.00000385. The number of carbonyl (C=O) groups is 1.